The van der Waals surface area contributed by atoms with Crippen molar-refractivity contribution in [2.24, 2.45) is 0 Å². The highest BCUT2D eigenvalue weighted by atomic mass is 16.5. The third-order valence-electron chi connectivity index (χ3n) is 2.78. The van der Waals surface area contributed by atoms with E-state index in [-0.39, 0.29) is 0 Å². The van der Waals surface area contributed by atoms with Gasteiger partial charge in [0.1, 0.15) is 6.61 Å². The minimum atomic E-state index is 0.441. The highest BCUT2D eigenvalue weighted by molar-refractivity contribution is 5.46. The Labute approximate surface area is 123 Å². The molecule has 3 heteroatoms. The van der Waals surface area contributed by atoms with Crippen LogP contribution in [0.25, 0.3) is 0 Å². The highest BCUT2D eigenvalue weighted by Gasteiger charge is 2.11. The van der Waals surface area contributed by atoms with Crippen LogP contribution in [-0.4, -0.2) is 19.3 Å². The zero-order chi connectivity index (χ0) is 15.0. The third-order valence-corrected chi connectivity index (χ3v) is 2.78. The lowest BCUT2D eigenvalue weighted by atomic mass is 10.1. The number of rotatable bonds is 8. The van der Waals surface area contributed by atoms with Gasteiger partial charge in [0.05, 0.1) is 6.61 Å². The SMILES string of the molecule is CCOc1cccc(CNC(C)C)c1OCC=C(C)C. The second-order valence-electron chi connectivity index (χ2n) is 5.31. The van der Waals surface area contributed by atoms with Gasteiger partial charge in [-0.2, -0.15) is 0 Å². The van der Waals surface area contributed by atoms with Gasteiger partial charge in [0, 0.05) is 18.2 Å². The first-order valence-corrected chi connectivity index (χ1v) is 7.28. The molecular formula is C17H27NO2. The number of hydrogen-bond acceptors (Lipinski definition) is 3. The molecule has 1 aromatic rings. The quantitative estimate of drug-likeness (QED) is 0.730. The molecule has 0 amide bonds. The minimum absolute atomic E-state index is 0.441. The van der Waals surface area contributed by atoms with Gasteiger partial charge in [-0.1, -0.05) is 31.6 Å². The molecule has 0 heterocycles. The van der Waals surface area contributed by atoms with Crippen molar-refractivity contribution in [1.82, 2.24) is 5.32 Å². The van der Waals surface area contributed by atoms with Gasteiger partial charge in [-0.3, -0.25) is 0 Å². The molecule has 0 spiro atoms. The van der Waals surface area contributed by atoms with Crippen LogP contribution >= 0.6 is 0 Å². The maximum atomic E-state index is 5.92. The molecule has 0 fully saturated rings. The van der Waals surface area contributed by atoms with Crippen LogP contribution in [0.1, 0.15) is 40.2 Å². The van der Waals surface area contributed by atoms with Crippen LogP contribution in [0.15, 0.2) is 29.8 Å². The molecule has 0 aromatic heterocycles. The molecule has 0 aliphatic rings. The molecule has 112 valence electrons. The van der Waals surface area contributed by atoms with Crippen LogP contribution in [0.5, 0.6) is 11.5 Å². The molecule has 3 nitrogen and oxygen atoms in total. The second-order valence-corrected chi connectivity index (χ2v) is 5.31. The normalized spacial score (nSPS) is 10.5. The van der Waals surface area contributed by atoms with Gasteiger partial charge >= 0.3 is 0 Å². The summed E-state index contributed by atoms with van der Waals surface area (Å²) in [6.45, 7) is 12.4. The summed E-state index contributed by atoms with van der Waals surface area (Å²) in [5.41, 5.74) is 2.38. The number of nitrogens with one attached hydrogen (secondary N) is 1. The first kappa shape index (κ1) is 16.6. The zero-order valence-electron chi connectivity index (χ0n) is 13.3. The van der Waals surface area contributed by atoms with Crippen molar-refractivity contribution in [2.75, 3.05) is 13.2 Å². The predicted octanol–water partition coefficient (Wildman–Crippen LogP) is 3.93. The minimum Gasteiger partial charge on any atom is -0.490 e. The van der Waals surface area contributed by atoms with E-state index < -0.39 is 0 Å². The molecule has 1 N–H and O–H groups in total. The Morgan fingerprint density at radius 2 is 2.00 bits per heavy atom. The first-order chi connectivity index (χ1) is 9.54. The van der Waals surface area contributed by atoms with E-state index in [4.69, 9.17) is 9.47 Å². The van der Waals surface area contributed by atoms with Gasteiger partial charge in [-0.25, -0.2) is 0 Å². The maximum Gasteiger partial charge on any atom is 0.166 e. The van der Waals surface area contributed by atoms with E-state index >= 15 is 0 Å². The van der Waals surface area contributed by atoms with Crippen molar-refractivity contribution in [3.63, 3.8) is 0 Å². The van der Waals surface area contributed by atoms with Crippen molar-refractivity contribution in [3.8, 4) is 11.5 Å². The Morgan fingerprint density at radius 3 is 2.60 bits per heavy atom. The summed E-state index contributed by atoms with van der Waals surface area (Å²) in [6, 6.07) is 6.49. The smallest absolute Gasteiger partial charge is 0.166 e. The molecule has 1 aromatic carbocycles. The Balaban J connectivity index is 2.90. The lowest BCUT2D eigenvalue weighted by Gasteiger charge is -2.16. The molecule has 1 rings (SSSR count). The molecule has 0 aliphatic carbocycles. The monoisotopic (exact) mass is 277 g/mol. The van der Waals surface area contributed by atoms with E-state index in [1.54, 1.807) is 0 Å². The van der Waals surface area contributed by atoms with Gasteiger partial charge in [-0.15, -0.1) is 0 Å². The second kappa shape index (κ2) is 8.64. The fourth-order valence-electron chi connectivity index (χ4n) is 1.74. The third kappa shape index (κ3) is 5.66. The van der Waals surface area contributed by atoms with Crippen molar-refractivity contribution in [1.29, 1.82) is 0 Å². The zero-order valence-corrected chi connectivity index (χ0v) is 13.3. The lowest BCUT2D eigenvalue weighted by molar-refractivity contribution is 0.293. The average Bonchev–Trinajstić information content (AvgIpc) is 2.38. The summed E-state index contributed by atoms with van der Waals surface area (Å²) in [5.74, 6) is 1.66. The summed E-state index contributed by atoms with van der Waals surface area (Å²) in [5, 5.41) is 3.42. The standard InChI is InChI=1S/C17H27NO2/c1-6-19-16-9-7-8-15(12-18-14(4)5)17(16)20-11-10-13(2)3/h7-10,14,18H,6,11-12H2,1-5H3. The van der Waals surface area contributed by atoms with Gasteiger partial charge < -0.3 is 14.8 Å². The van der Waals surface area contributed by atoms with Crippen LogP contribution in [0.4, 0.5) is 0 Å². The summed E-state index contributed by atoms with van der Waals surface area (Å²) in [6.07, 6.45) is 2.07. The summed E-state index contributed by atoms with van der Waals surface area (Å²) >= 11 is 0. The van der Waals surface area contributed by atoms with Crippen molar-refractivity contribution in [2.45, 2.75) is 47.2 Å². The van der Waals surface area contributed by atoms with E-state index in [1.807, 2.05) is 19.1 Å². The number of para-hydroxylation sites is 1. The van der Waals surface area contributed by atoms with E-state index in [1.165, 1.54) is 5.57 Å². The van der Waals surface area contributed by atoms with Gasteiger partial charge in [0.15, 0.2) is 11.5 Å². The van der Waals surface area contributed by atoms with Crippen LogP contribution < -0.4 is 14.8 Å². The van der Waals surface area contributed by atoms with Gasteiger partial charge in [-0.05, 0) is 32.9 Å². The molecule has 0 aliphatic heterocycles. The molecule has 20 heavy (non-hydrogen) atoms. The largest absolute Gasteiger partial charge is 0.490 e. The van der Waals surface area contributed by atoms with Gasteiger partial charge in [0.2, 0.25) is 0 Å². The molecule has 0 bridgehead atoms. The topological polar surface area (TPSA) is 30.5 Å². The van der Waals surface area contributed by atoms with Crippen molar-refractivity contribution >= 4 is 0 Å². The molecule has 0 saturated carbocycles. The maximum absolute atomic E-state index is 5.92. The van der Waals surface area contributed by atoms with Crippen LogP contribution in [0, 0.1) is 0 Å². The van der Waals surface area contributed by atoms with E-state index in [9.17, 15) is 0 Å². The molecular weight excluding hydrogens is 250 g/mol. The van der Waals surface area contributed by atoms with Crippen LogP contribution in [0.3, 0.4) is 0 Å². The van der Waals surface area contributed by atoms with Gasteiger partial charge in [0.25, 0.3) is 0 Å². The van der Waals surface area contributed by atoms with E-state index in [0.717, 1.165) is 23.6 Å². The summed E-state index contributed by atoms with van der Waals surface area (Å²) in [4.78, 5) is 0. The molecule has 0 radical (unpaired) electrons. The highest BCUT2D eigenvalue weighted by Crippen LogP contribution is 2.31. The van der Waals surface area contributed by atoms with Crippen molar-refractivity contribution < 1.29 is 9.47 Å². The molecule has 0 unspecified atom stereocenters. The molecule has 0 saturated heterocycles. The summed E-state index contributed by atoms with van der Waals surface area (Å²) in [7, 11) is 0. The Hall–Kier alpha value is -1.48. The summed E-state index contributed by atoms with van der Waals surface area (Å²) < 4.78 is 11.6. The number of benzene rings is 1. The Morgan fingerprint density at radius 1 is 1.25 bits per heavy atom. The number of allylic oxidation sites excluding steroid dienone is 1. The van der Waals surface area contributed by atoms with E-state index in [2.05, 4.69) is 45.2 Å². The Kier molecular flexibility index (Phi) is 7.16. The Bertz CT molecular complexity index is 435. The fourth-order valence-corrected chi connectivity index (χ4v) is 1.74. The lowest BCUT2D eigenvalue weighted by Crippen LogP contribution is -2.22. The van der Waals surface area contributed by atoms with Crippen LogP contribution in [0.2, 0.25) is 0 Å². The van der Waals surface area contributed by atoms with E-state index in [0.29, 0.717) is 19.3 Å². The number of hydrogen-bond donors (Lipinski definition) is 1. The predicted molar refractivity (Wildman–Crippen MR) is 84.5 cm³/mol. The van der Waals surface area contributed by atoms with Crippen molar-refractivity contribution in [3.05, 3.63) is 35.4 Å². The number of ether oxygens (including phenoxy) is 2. The first-order valence-electron chi connectivity index (χ1n) is 7.28. The molecule has 0 atom stereocenters. The average molecular weight is 277 g/mol. The fraction of sp³-hybridized carbons (Fsp3) is 0.529. The van der Waals surface area contributed by atoms with Crippen LogP contribution in [-0.2, 0) is 6.54 Å².